The number of rotatable bonds is 11. The van der Waals surface area contributed by atoms with Gasteiger partial charge in [-0.25, -0.2) is 26.7 Å². The van der Waals surface area contributed by atoms with Crippen LogP contribution in [0, 0.1) is 18.6 Å². The second-order valence-corrected chi connectivity index (χ2v) is 11.8. The van der Waals surface area contributed by atoms with Gasteiger partial charge in [0.25, 0.3) is 5.91 Å². The number of amides is 1. The highest BCUT2D eigenvalue weighted by Crippen LogP contribution is 2.35. The topological polar surface area (TPSA) is 152 Å². The summed E-state index contributed by atoms with van der Waals surface area (Å²) in [5.74, 6) is -3.98. The minimum atomic E-state index is -4.31. The summed E-state index contributed by atoms with van der Waals surface area (Å²) in [5.41, 5.74) is -0.446. The van der Waals surface area contributed by atoms with Crippen molar-refractivity contribution in [3.8, 4) is 17.3 Å². The lowest BCUT2D eigenvalue weighted by atomic mass is 10.2. The Bertz CT molecular complexity index is 1840. The Hall–Kier alpha value is -4.70. The number of aromatic nitrogens is 2. The molecule has 3 aromatic carbocycles. The molecule has 1 aliphatic rings. The number of carboxylic acid groups (broad SMARTS) is 1. The summed E-state index contributed by atoms with van der Waals surface area (Å²) in [5, 5.41) is 16.3. The van der Waals surface area contributed by atoms with Crippen molar-refractivity contribution in [1.82, 2.24) is 19.4 Å². The predicted octanol–water partition coefficient (Wildman–Crippen LogP) is 3.81. The molecule has 1 aromatic heterocycles. The van der Waals surface area contributed by atoms with E-state index in [1.54, 1.807) is 0 Å². The number of aromatic carboxylic acids is 1. The molecule has 0 radical (unpaired) electrons. The van der Waals surface area contributed by atoms with E-state index in [0.717, 1.165) is 22.9 Å². The van der Waals surface area contributed by atoms with Crippen LogP contribution in [-0.2, 0) is 14.8 Å². The van der Waals surface area contributed by atoms with Crippen LogP contribution in [0.25, 0.3) is 5.69 Å². The molecule has 0 saturated carbocycles. The highest BCUT2D eigenvalue weighted by Gasteiger charge is 2.27. The zero-order chi connectivity index (χ0) is 32.1. The van der Waals surface area contributed by atoms with E-state index in [1.165, 1.54) is 55.5 Å². The van der Waals surface area contributed by atoms with Crippen LogP contribution in [0.3, 0.4) is 0 Å². The first kappa shape index (κ1) is 31.7. The fourth-order valence-corrected chi connectivity index (χ4v) is 5.83. The van der Waals surface area contributed by atoms with Gasteiger partial charge >= 0.3 is 5.97 Å². The number of nitrogens with zero attached hydrogens (tertiary/aromatic N) is 3. The fourth-order valence-electron chi connectivity index (χ4n) is 4.66. The number of anilines is 1. The molecule has 236 valence electrons. The van der Waals surface area contributed by atoms with Gasteiger partial charge < -0.3 is 19.9 Å². The highest BCUT2D eigenvalue weighted by atomic mass is 32.2. The number of carbonyl (C=O) groups excluding carboxylic acids is 1. The van der Waals surface area contributed by atoms with Gasteiger partial charge in [-0.3, -0.25) is 9.69 Å². The first-order chi connectivity index (χ1) is 21.5. The maximum absolute atomic E-state index is 14.2. The van der Waals surface area contributed by atoms with E-state index in [-0.39, 0.29) is 40.7 Å². The Balaban J connectivity index is 1.52. The van der Waals surface area contributed by atoms with E-state index in [1.807, 2.05) is 4.90 Å². The number of nitrogens with one attached hydrogen (secondary N) is 2. The van der Waals surface area contributed by atoms with E-state index in [9.17, 15) is 31.9 Å². The third kappa shape index (κ3) is 7.34. The lowest BCUT2D eigenvalue weighted by Crippen LogP contribution is -2.41. The molecule has 1 amide bonds. The van der Waals surface area contributed by atoms with E-state index >= 15 is 0 Å². The Labute approximate surface area is 257 Å². The molecular weight excluding hydrogens is 612 g/mol. The van der Waals surface area contributed by atoms with Crippen LogP contribution in [0.1, 0.15) is 26.4 Å². The minimum Gasteiger partial charge on any atom is -0.476 e. The van der Waals surface area contributed by atoms with Crippen molar-refractivity contribution in [2.24, 2.45) is 0 Å². The molecule has 2 heterocycles. The van der Waals surface area contributed by atoms with Crippen molar-refractivity contribution in [3.63, 3.8) is 0 Å². The maximum Gasteiger partial charge on any atom is 0.356 e. The van der Waals surface area contributed by atoms with Crippen molar-refractivity contribution in [2.45, 2.75) is 11.8 Å². The summed E-state index contributed by atoms with van der Waals surface area (Å²) < 4.78 is 70.6. The Morgan fingerprint density at radius 2 is 1.80 bits per heavy atom. The molecule has 3 N–H and O–H groups in total. The van der Waals surface area contributed by atoms with Crippen molar-refractivity contribution >= 4 is 27.6 Å². The van der Waals surface area contributed by atoms with E-state index in [2.05, 4.69) is 15.1 Å². The first-order valence-corrected chi connectivity index (χ1v) is 15.3. The van der Waals surface area contributed by atoms with Crippen molar-refractivity contribution in [1.29, 1.82) is 0 Å². The monoisotopic (exact) mass is 641 g/mol. The van der Waals surface area contributed by atoms with Gasteiger partial charge in [-0.2, -0.15) is 9.78 Å². The predicted molar refractivity (Wildman–Crippen MR) is 159 cm³/mol. The molecule has 4 aromatic rings. The molecule has 45 heavy (non-hydrogen) atoms. The molecule has 15 heteroatoms. The normalized spacial score (nSPS) is 13.8. The van der Waals surface area contributed by atoms with Gasteiger partial charge in [0.05, 0.1) is 24.5 Å². The number of morpholine rings is 1. The van der Waals surface area contributed by atoms with Crippen LogP contribution in [0.2, 0.25) is 0 Å². The van der Waals surface area contributed by atoms with E-state index < -0.39 is 44.1 Å². The Kier molecular flexibility index (Phi) is 9.53. The number of sulfonamides is 1. The standard InChI is InChI=1S/C30H29F2N5O7S/c1-19-27(30(39)40)35-37(22-6-4-5-20(31)17-22)29(19)44-25-10-9-21(34-28(38)23-7-2-3-8-24(23)32)18-26(25)45(41,42)33-11-12-36-13-15-43-16-14-36/h2-10,17-18,33H,11-16H2,1H3,(H,34,38)(H,39,40). The first-order valence-electron chi connectivity index (χ1n) is 13.8. The number of ether oxygens (including phenoxy) is 2. The molecule has 0 bridgehead atoms. The SMILES string of the molecule is Cc1c(C(=O)O)nn(-c2cccc(F)c2)c1Oc1ccc(NC(=O)c2ccccc2F)cc1S(=O)(=O)NCCN1CCOCC1. The van der Waals surface area contributed by atoms with Gasteiger partial charge in [-0.15, -0.1) is 0 Å². The average molecular weight is 642 g/mol. The third-order valence-electron chi connectivity index (χ3n) is 6.96. The molecule has 12 nitrogen and oxygen atoms in total. The van der Waals surface area contributed by atoms with E-state index in [4.69, 9.17) is 9.47 Å². The van der Waals surface area contributed by atoms with Gasteiger partial charge in [-0.05, 0) is 55.5 Å². The van der Waals surface area contributed by atoms with Crippen LogP contribution < -0.4 is 14.8 Å². The van der Waals surface area contributed by atoms with Gasteiger partial charge in [0.2, 0.25) is 15.9 Å². The summed E-state index contributed by atoms with van der Waals surface area (Å²) >= 11 is 0. The van der Waals surface area contributed by atoms with Crippen LogP contribution in [0.15, 0.2) is 71.6 Å². The van der Waals surface area contributed by atoms with Crippen molar-refractivity contribution in [3.05, 3.63) is 95.2 Å². The quantitative estimate of drug-likeness (QED) is 0.222. The molecule has 1 fully saturated rings. The largest absolute Gasteiger partial charge is 0.476 e. The highest BCUT2D eigenvalue weighted by molar-refractivity contribution is 7.89. The summed E-state index contributed by atoms with van der Waals surface area (Å²) in [6.45, 7) is 4.20. The zero-order valence-electron chi connectivity index (χ0n) is 24.0. The number of carbonyl (C=O) groups is 2. The Morgan fingerprint density at radius 1 is 1.04 bits per heavy atom. The second-order valence-electron chi connectivity index (χ2n) is 10.0. The van der Waals surface area contributed by atoms with Gasteiger partial charge in [0.15, 0.2) is 5.69 Å². The van der Waals surface area contributed by atoms with Gasteiger partial charge in [0, 0.05) is 37.4 Å². The molecule has 0 spiro atoms. The number of hydrogen-bond acceptors (Lipinski definition) is 8. The minimum absolute atomic E-state index is 0.0192. The van der Waals surface area contributed by atoms with Crippen LogP contribution in [-0.4, -0.2) is 79.5 Å². The number of hydrogen-bond donors (Lipinski definition) is 3. The third-order valence-corrected chi connectivity index (χ3v) is 8.45. The summed E-state index contributed by atoms with van der Waals surface area (Å²) in [4.78, 5) is 26.3. The number of carboxylic acids is 1. The Morgan fingerprint density at radius 3 is 2.51 bits per heavy atom. The fraction of sp³-hybridized carbons (Fsp3) is 0.233. The summed E-state index contributed by atoms with van der Waals surface area (Å²) in [7, 11) is -4.31. The molecule has 1 aliphatic heterocycles. The molecular formula is C30H29F2N5O7S. The van der Waals surface area contributed by atoms with Crippen LogP contribution >= 0.6 is 0 Å². The summed E-state index contributed by atoms with van der Waals surface area (Å²) in [6.07, 6.45) is 0. The maximum atomic E-state index is 14.2. The second kappa shape index (κ2) is 13.5. The molecule has 5 rings (SSSR count). The molecule has 0 unspecified atom stereocenters. The number of halogens is 2. The van der Waals surface area contributed by atoms with Crippen LogP contribution in [0.5, 0.6) is 11.6 Å². The molecule has 0 aliphatic carbocycles. The lowest BCUT2D eigenvalue weighted by molar-refractivity contribution is 0.0390. The van der Waals surface area contributed by atoms with Crippen molar-refractivity contribution < 1.29 is 41.4 Å². The molecule has 0 atom stereocenters. The number of benzene rings is 3. The zero-order valence-corrected chi connectivity index (χ0v) is 24.8. The van der Waals surface area contributed by atoms with Gasteiger partial charge in [-0.1, -0.05) is 18.2 Å². The molecule has 1 saturated heterocycles. The average Bonchev–Trinajstić information content (AvgIpc) is 3.34. The lowest BCUT2D eigenvalue weighted by Gasteiger charge is -2.26. The van der Waals surface area contributed by atoms with E-state index in [0.29, 0.717) is 32.8 Å². The van der Waals surface area contributed by atoms with Crippen molar-refractivity contribution in [2.75, 3.05) is 44.7 Å². The van der Waals surface area contributed by atoms with Crippen LogP contribution in [0.4, 0.5) is 14.5 Å². The smallest absolute Gasteiger partial charge is 0.356 e. The summed E-state index contributed by atoms with van der Waals surface area (Å²) in [6, 6.07) is 14.2. The van der Waals surface area contributed by atoms with Gasteiger partial charge in [0.1, 0.15) is 22.3 Å².